The van der Waals surface area contributed by atoms with E-state index in [0.717, 1.165) is 6.42 Å². The Morgan fingerprint density at radius 2 is 1.96 bits per heavy atom. The quantitative estimate of drug-likeness (QED) is 0.695. The van der Waals surface area contributed by atoms with Crippen LogP contribution in [0.5, 0.6) is 0 Å². The largest absolute Gasteiger partial charge is 0.452 e. The number of carbonyl (C=O) groups excluding carboxylic acids is 2. The average molecular weight is 384 g/mol. The maximum absolute atomic E-state index is 12.7. The number of sulfonamides is 1. The molecule has 1 amide bonds. The van der Waals surface area contributed by atoms with Crippen LogP contribution in [0.2, 0.25) is 0 Å². The van der Waals surface area contributed by atoms with Crippen LogP contribution >= 0.6 is 0 Å². The molecule has 26 heavy (non-hydrogen) atoms. The van der Waals surface area contributed by atoms with Crippen molar-refractivity contribution in [3.63, 3.8) is 0 Å². The number of aryl methyl sites for hydroxylation is 1. The van der Waals surface area contributed by atoms with Crippen molar-refractivity contribution in [2.24, 2.45) is 0 Å². The second-order valence-electron chi connectivity index (χ2n) is 5.92. The number of morpholine rings is 1. The van der Waals surface area contributed by atoms with Crippen molar-refractivity contribution in [3.05, 3.63) is 29.3 Å². The molecule has 144 valence electrons. The van der Waals surface area contributed by atoms with Crippen LogP contribution in [0.4, 0.5) is 0 Å². The highest BCUT2D eigenvalue weighted by Gasteiger charge is 2.27. The molecule has 0 spiro atoms. The van der Waals surface area contributed by atoms with Crippen molar-refractivity contribution in [1.29, 1.82) is 0 Å². The Bertz CT molecular complexity index is 757. The fraction of sp³-hybridized carbons (Fsp3) is 0.529. The van der Waals surface area contributed by atoms with Gasteiger partial charge in [-0.05, 0) is 31.0 Å². The zero-order valence-corrected chi connectivity index (χ0v) is 15.8. The van der Waals surface area contributed by atoms with Crippen LogP contribution in [0, 0.1) is 6.92 Å². The molecule has 8 nitrogen and oxygen atoms in total. The molecule has 0 aliphatic carbocycles. The van der Waals surface area contributed by atoms with Crippen LogP contribution < -0.4 is 5.32 Å². The minimum atomic E-state index is -3.71. The third-order valence-electron chi connectivity index (χ3n) is 3.94. The molecule has 0 radical (unpaired) electrons. The molecule has 1 N–H and O–H groups in total. The van der Waals surface area contributed by atoms with E-state index in [1.165, 1.54) is 16.4 Å². The predicted molar refractivity (Wildman–Crippen MR) is 94.3 cm³/mol. The van der Waals surface area contributed by atoms with Gasteiger partial charge < -0.3 is 14.8 Å². The molecule has 1 fully saturated rings. The Morgan fingerprint density at radius 1 is 1.27 bits per heavy atom. The normalized spacial score (nSPS) is 15.5. The van der Waals surface area contributed by atoms with Gasteiger partial charge in [0.2, 0.25) is 10.0 Å². The van der Waals surface area contributed by atoms with E-state index in [2.05, 4.69) is 5.32 Å². The third kappa shape index (κ3) is 5.03. The molecule has 0 unspecified atom stereocenters. The second kappa shape index (κ2) is 9.11. The maximum atomic E-state index is 12.7. The summed E-state index contributed by atoms with van der Waals surface area (Å²) in [6.07, 6.45) is 0.778. The van der Waals surface area contributed by atoms with Gasteiger partial charge in [0.25, 0.3) is 5.91 Å². The van der Waals surface area contributed by atoms with Crippen molar-refractivity contribution in [2.75, 3.05) is 39.5 Å². The van der Waals surface area contributed by atoms with Gasteiger partial charge in [0.15, 0.2) is 6.61 Å². The van der Waals surface area contributed by atoms with E-state index in [0.29, 0.717) is 25.3 Å². The lowest BCUT2D eigenvalue weighted by Gasteiger charge is -2.26. The molecule has 1 aliphatic heterocycles. The van der Waals surface area contributed by atoms with Crippen molar-refractivity contribution >= 4 is 21.9 Å². The smallest absolute Gasteiger partial charge is 0.338 e. The molecule has 9 heteroatoms. The highest BCUT2D eigenvalue weighted by molar-refractivity contribution is 7.89. The minimum Gasteiger partial charge on any atom is -0.452 e. The molecular formula is C17H24N2O6S. The first kappa shape index (κ1) is 20.3. The Kier molecular flexibility index (Phi) is 7.13. The number of nitrogens with zero attached hydrogens (tertiary/aromatic N) is 1. The average Bonchev–Trinajstić information content (AvgIpc) is 2.65. The van der Waals surface area contributed by atoms with Gasteiger partial charge in [0.1, 0.15) is 0 Å². The van der Waals surface area contributed by atoms with Crippen LogP contribution in [0.15, 0.2) is 23.1 Å². The lowest BCUT2D eigenvalue weighted by Crippen LogP contribution is -2.40. The third-order valence-corrected chi connectivity index (χ3v) is 5.84. The van der Waals surface area contributed by atoms with Crippen molar-refractivity contribution < 1.29 is 27.5 Å². The number of ether oxygens (including phenoxy) is 2. The first-order chi connectivity index (χ1) is 12.4. The second-order valence-corrected chi connectivity index (χ2v) is 7.86. The molecule has 1 aromatic rings. The van der Waals surface area contributed by atoms with Crippen molar-refractivity contribution in [1.82, 2.24) is 9.62 Å². The van der Waals surface area contributed by atoms with Crippen LogP contribution in [0.1, 0.15) is 29.3 Å². The van der Waals surface area contributed by atoms with E-state index in [9.17, 15) is 18.0 Å². The number of hydrogen-bond donors (Lipinski definition) is 1. The van der Waals surface area contributed by atoms with E-state index in [1.54, 1.807) is 13.0 Å². The van der Waals surface area contributed by atoms with Crippen LogP contribution in [0.3, 0.4) is 0 Å². The fourth-order valence-corrected chi connectivity index (χ4v) is 3.88. The Balaban J connectivity index is 2.13. The first-order valence-corrected chi connectivity index (χ1v) is 9.92. The Morgan fingerprint density at radius 3 is 2.62 bits per heavy atom. The lowest BCUT2D eigenvalue weighted by molar-refractivity contribution is -0.124. The lowest BCUT2D eigenvalue weighted by atomic mass is 10.1. The van der Waals surface area contributed by atoms with Gasteiger partial charge in [-0.1, -0.05) is 13.0 Å². The summed E-state index contributed by atoms with van der Waals surface area (Å²) < 4.78 is 36.9. The van der Waals surface area contributed by atoms with Crippen LogP contribution in [0.25, 0.3) is 0 Å². The summed E-state index contributed by atoms with van der Waals surface area (Å²) in [5, 5.41) is 2.60. The molecule has 1 aromatic carbocycles. The highest BCUT2D eigenvalue weighted by atomic mass is 32.2. The molecular weight excluding hydrogens is 360 g/mol. The molecule has 0 saturated carbocycles. The topological polar surface area (TPSA) is 102 Å². The number of benzene rings is 1. The van der Waals surface area contributed by atoms with Crippen LogP contribution in [-0.2, 0) is 24.3 Å². The summed E-state index contributed by atoms with van der Waals surface area (Å²) in [4.78, 5) is 23.8. The van der Waals surface area contributed by atoms with Crippen LogP contribution in [-0.4, -0.2) is 64.1 Å². The van der Waals surface area contributed by atoms with Gasteiger partial charge in [0, 0.05) is 19.6 Å². The molecule has 0 atom stereocenters. The van der Waals surface area contributed by atoms with E-state index >= 15 is 0 Å². The van der Waals surface area contributed by atoms with Gasteiger partial charge in [-0.15, -0.1) is 0 Å². The number of nitrogens with one attached hydrogen (secondary N) is 1. The number of carbonyl (C=O) groups is 2. The fourth-order valence-electron chi connectivity index (χ4n) is 2.44. The van der Waals surface area contributed by atoms with Crippen molar-refractivity contribution in [3.8, 4) is 0 Å². The van der Waals surface area contributed by atoms with Crippen molar-refractivity contribution in [2.45, 2.75) is 25.2 Å². The molecule has 1 saturated heterocycles. The summed E-state index contributed by atoms with van der Waals surface area (Å²) in [5.74, 6) is -1.12. The maximum Gasteiger partial charge on any atom is 0.338 e. The standard InChI is InChI=1S/C17H24N2O6S/c1-3-6-18-16(20)12-25-17(21)15-11-14(5-4-13(15)2)26(22,23)19-7-9-24-10-8-19/h4-5,11H,3,6-10,12H2,1-2H3,(H,18,20). The van der Waals surface area contributed by atoms with Gasteiger partial charge in [-0.25, -0.2) is 13.2 Å². The van der Waals surface area contributed by atoms with E-state index in [-0.39, 0.29) is 23.5 Å². The number of rotatable bonds is 7. The summed E-state index contributed by atoms with van der Waals surface area (Å²) >= 11 is 0. The number of hydrogen-bond acceptors (Lipinski definition) is 6. The first-order valence-electron chi connectivity index (χ1n) is 8.48. The van der Waals surface area contributed by atoms with E-state index in [1.807, 2.05) is 6.92 Å². The van der Waals surface area contributed by atoms with Gasteiger partial charge in [-0.3, -0.25) is 4.79 Å². The summed E-state index contributed by atoms with van der Waals surface area (Å²) in [5.41, 5.74) is 0.701. The zero-order chi connectivity index (χ0) is 19.2. The predicted octanol–water partition coefficient (Wildman–Crippen LogP) is 0.699. The molecule has 1 heterocycles. The summed E-state index contributed by atoms with van der Waals surface area (Å²) in [6, 6.07) is 4.32. The van der Waals surface area contributed by atoms with E-state index in [4.69, 9.17) is 9.47 Å². The molecule has 0 aromatic heterocycles. The zero-order valence-electron chi connectivity index (χ0n) is 15.0. The monoisotopic (exact) mass is 384 g/mol. The number of esters is 1. The molecule has 2 rings (SSSR count). The summed E-state index contributed by atoms with van der Waals surface area (Å²) in [6.45, 7) is 4.91. The summed E-state index contributed by atoms with van der Waals surface area (Å²) in [7, 11) is -3.71. The highest BCUT2D eigenvalue weighted by Crippen LogP contribution is 2.21. The molecule has 0 bridgehead atoms. The SMILES string of the molecule is CCCNC(=O)COC(=O)c1cc(S(=O)(=O)N2CCOCC2)ccc1C. The van der Waals surface area contributed by atoms with Gasteiger partial charge in [-0.2, -0.15) is 4.31 Å². The minimum absolute atomic E-state index is 0.0207. The Hall–Kier alpha value is -1.97. The van der Waals surface area contributed by atoms with Gasteiger partial charge in [0.05, 0.1) is 23.7 Å². The number of amides is 1. The Labute approximate surface area is 153 Å². The van der Waals surface area contributed by atoms with Gasteiger partial charge >= 0.3 is 5.97 Å². The molecule has 1 aliphatic rings. The van der Waals surface area contributed by atoms with E-state index < -0.39 is 28.5 Å².